The molecule has 0 spiro atoms. The predicted octanol–water partition coefficient (Wildman–Crippen LogP) is 3.88. The van der Waals surface area contributed by atoms with Crippen LogP contribution in [-0.2, 0) is 9.53 Å². The number of ether oxygens (including phenoxy) is 1. The Kier molecular flexibility index (Phi) is 5.58. The van der Waals surface area contributed by atoms with Gasteiger partial charge in [-0.2, -0.15) is 0 Å². The summed E-state index contributed by atoms with van der Waals surface area (Å²) in [4.78, 5) is 28.0. The number of hydrogen-bond donors (Lipinski definition) is 1. The largest absolute Gasteiger partial charge is 0.449 e. The normalized spacial score (nSPS) is 11.7. The topological polar surface area (TPSA) is 68.3 Å². The van der Waals surface area contributed by atoms with Gasteiger partial charge in [0.1, 0.15) is 0 Å². The summed E-state index contributed by atoms with van der Waals surface area (Å²) in [5.74, 6) is -0.964. The van der Waals surface area contributed by atoms with E-state index in [2.05, 4.69) is 10.3 Å². The molecule has 0 saturated heterocycles. The van der Waals surface area contributed by atoms with Crippen molar-refractivity contribution in [3.05, 3.63) is 57.7 Å². The summed E-state index contributed by atoms with van der Waals surface area (Å²) in [5.41, 5.74) is 1.31. The molecule has 0 fully saturated rings. The highest BCUT2D eigenvalue weighted by Crippen LogP contribution is 2.22. The smallest absolute Gasteiger partial charge is 0.338 e. The molecule has 23 heavy (non-hydrogen) atoms. The zero-order valence-corrected chi connectivity index (χ0v) is 14.0. The Hall–Kier alpha value is -2.11. The van der Waals surface area contributed by atoms with Crippen LogP contribution < -0.4 is 5.32 Å². The van der Waals surface area contributed by atoms with E-state index in [1.54, 1.807) is 18.2 Å². The highest BCUT2D eigenvalue weighted by molar-refractivity contribution is 6.36. The van der Waals surface area contributed by atoms with Gasteiger partial charge < -0.3 is 10.1 Å². The standard InChI is InChI=1S/C16H14Cl2N2O3/c1-9-4-3-5-11(6-9)16(22)23-10(2)15(21)20-14-13(18)7-12(17)8-19-14/h3-8,10H,1-2H3,(H,19,20,21). The molecule has 5 nitrogen and oxygen atoms in total. The zero-order valence-electron chi connectivity index (χ0n) is 12.5. The van der Waals surface area contributed by atoms with Gasteiger partial charge in [0.05, 0.1) is 15.6 Å². The third-order valence-corrected chi connectivity index (χ3v) is 3.45. The van der Waals surface area contributed by atoms with E-state index in [0.29, 0.717) is 10.6 Å². The van der Waals surface area contributed by atoms with Gasteiger partial charge in [-0.3, -0.25) is 4.79 Å². The highest BCUT2D eigenvalue weighted by atomic mass is 35.5. The summed E-state index contributed by atoms with van der Waals surface area (Å²) < 4.78 is 5.14. The van der Waals surface area contributed by atoms with Crippen LogP contribution in [-0.4, -0.2) is 23.0 Å². The fourth-order valence-corrected chi connectivity index (χ4v) is 2.21. The van der Waals surface area contributed by atoms with Crippen LogP contribution in [0.3, 0.4) is 0 Å². The number of anilines is 1. The summed E-state index contributed by atoms with van der Waals surface area (Å²) >= 11 is 11.7. The van der Waals surface area contributed by atoms with Crippen molar-refractivity contribution < 1.29 is 14.3 Å². The van der Waals surface area contributed by atoms with Gasteiger partial charge in [0, 0.05) is 6.20 Å². The Bertz CT molecular complexity index is 750. The Morgan fingerprint density at radius 3 is 2.65 bits per heavy atom. The fraction of sp³-hybridized carbons (Fsp3) is 0.188. The number of rotatable bonds is 4. The van der Waals surface area contributed by atoms with Gasteiger partial charge in [0.15, 0.2) is 11.9 Å². The average molecular weight is 353 g/mol. The minimum Gasteiger partial charge on any atom is -0.449 e. The Morgan fingerprint density at radius 1 is 1.26 bits per heavy atom. The average Bonchev–Trinajstić information content (AvgIpc) is 2.49. The van der Waals surface area contributed by atoms with Gasteiger partial charge in [0.2, 0.25) is 0 Å². The quantitative estimate of drug-likeness (QED) is 0.847. The third-order valence-electron chi connectivity index (χ3n) is 2.96. The van der Waals surface area contributed by atoms with E-state index in [4.69, 9.17) is 27.9 Å². The summed E-state index contributed by atoms with van der Waals surface area (Å²) in [6.07, 6.45) is 0.350. The van der Waals surface area contributed by atoms with Gasteiger partial charge in [-0.25, -0.2) is 9.78 Å². The molecule has 1 atom stereocenters. The molecular weight excluding hydrogens is 339 g/mol. The number of nitrogens with zero attached hydrogens (tertiary/aromatic N) is 1. The molecule has 0 aliphatic heterocycles. The SMILES string of the molecule is Cc1cccc(C(=O)OC(C)C(=O)Nc2ncc(Cl)cc2Cl)c1. The van der Waals surface area contributed by atoms with Crippen LogP contribution in [0.1, 0.15) is 22.8 Å². The first-order valence-corrected chi connectivity index (χ1v) is 7.52. The van der Waals surface area contributed by atoms with E-state index in [1.807, 2.05) is 13.0 Å². The summed E-state index contributed by atoms with van der Waals surface area (Å²) in [5, 5.41) is 3.04. The van der Waals surface area contributed by atoms with Crippen LogP contribution in [0.15, 0.2) is 36.5 Å². The molecule has 2 aromatic rings. The van der Waals surface area contributed by atoms with Crippen molar-refractivity contribution in [1.82, 2.24) is 4.98 Å². The number of halogens is 2. The molecule has 0 radical (unpaired) electrons. The number of nitrogens with one attached hydrogen (secondary N) is 1. The van der Waals surface area contributed by atoms with Crippen LogP contribution in [0.2, 0.25) is 10.0 Å². The minimum absolute atomic E-state index is 0.152. The van der Waals surface area contributed by atoms with Crippen molar-refractivity contribution in [1.29, 1.82) is 0 Å². The molecule has 1 aromatic carbocycles. The molecule has 0 saturated carbocycles. The third kappa shape index (κ3) is 4.68. The number of hydrogen-bond acceptors (Lipinski definition) is 4. The molecule has 0 aliphatic carbocycles. The summed E-state index contributed by atoms with van der Waals surface area (Å²) in [6.45, 7) is 3.33. The van der Waals surface area contributed by atoms with Crippen molar-refractivity contribution in [2.75, 3.05) is 5.32 Å². The second-order valence-electron chi connectivity index (χ2n) is 4.89. The fourth-order valence-electron chi connectivity index (χ4n) is 1.78. The Morgan fingerprint density at radius 2 is 2.00 bits per heavy atom. The molecule has 0 bridgehead atoms. The van der Waals surface area contributed by atoms with E-state index in [0.717, 1.165) is 5.56 Å². The van der Waals surface area contributed by atoms with E-state index in [-0.39, 0.29) is 10.8 Å². The molecule has 1 heterocycles. The second-order valence-corrected chi connectivity index (χ2v) is 5.73. The first-order chi connectivity index (χ1) is 10.9. The number of carbonyl (C=O) groups is 2. The maximum atomic E-state index is 12.1. The predicted molar refractivity (Wildman–Crippen MR) is 88.9 cm³/mol. The van der Waals surface area contributed by atoms with Gasteiger partial charge in [0.25, 0.3) is 5.91 Å². The molecule has 1 unspecified atom stereocenters. The lowest BCUT2D eigenvalue weighted by molar-refractivity contribution is -0.123. The van der Waals surface area contributed by atoms with Gasteiger partial charge in [-0.1, -0.05) is 40.9 Å². The number of carbonyl (C=O) groups excluding carboxylic acids is 2. The maximum Gasteiger partial charge on any atom is 0.338 e. The van der Waals surface area contributed by atoms with Crippen molar-refractivity contribution in [2.24, 2.45) is 0 Å². The molecule has 7 heteroatoms. The molecule has 120 valence electrons. The van der Waals surface area contributed by atoms with E-state index < -0.39 is 18.0 Å². The monoisotopic (exact) mass is 352 g/mol. The Labute approximate surface area is 143 Å². The molecule has 1 N–H and O–H groups in total. The van der Waals surface area contributed by atoms with Crippen LogP contribution in [0.4, 0.5) is 5.82 Å². The van der Waals surface area contributed by atoms with Crippen molar-refractivity contribution in [3.63, 3.8) is 0 Å². The zero-order chi connectivity index (χ0) is 17.0. The molecule has 1 amide bonds. The molecule has 0 aliphatic rings. The van der Waals surface area contributed by atoms with Crippen LogP contribution >= 0.6 is 23.2 Å². The lowest BCUT2D eigenvalue weighted by Crippen LogP contribution is -2.30. The van der Waals surface area contributed by atoms with Gasteiger partial charge in [-0.15, -0.1) is 0 Å². The van der Waals surface area contributed by atoms with Crippen LogP contribution in [0.25, 0.3) is 0 Å². The Balaban J connectivity index is 2.01. The first-order valence-electron chi connectivity index (χ1n) is 6.76. The van der Waals surface area contributed by atoms with E-state index >= 15 is 0 Å². The van der Waals surface area contributed by atoms with Crippen molar-refractivity contribution in [3.8, 4) is 0 Å². The van der Waals surface area contributed by atoms with Crippen molar-refractivity contribution >= 4 is 40.9 Å². The first kappa shape index (κ1) is 17.2. The van der Waals surface area contributed by atoms with E-state index in [9.17, 15) is 9.59 Å². The second kappa shape index (κ2) is 7.44. The molecule has 1 aromatic heterocycles. The number of aromatic nitrogens is 1. The number of benzene rings is 1. The number of amides is 1. The lowest BCUT2D eigenvalue weighted by atomic mass is 10.1. The summed E-state index contributed by atoms with van der Waals surface area (Å²) in [7, 11) is 0. The molecular formula is C16H14Cl2N2O3. The van der Waals surface area contributed by atoms with Gasteiger partial charge in [-0.05, 0) is 32.0 Å². The van der Waals surface area contributed by atoms with E-state index in [1.165, 1.54) is 19.2 Å². The van der Waals surface area contributed by atoms with Crippen molar-refractivity contribution in [2.45, 2.75) is 20.0 Å². The van der Waals surface area contributed by atoms with Crippen LogP contribution in [0, 0.1) is 6.92 Å². The number of aryl methyl sites for hydroxylation is 1. The van der Waals surface area contributed by atoms with Gasteiger partial charge >= 0.3 is 5.97 Å². The van der Waals surface area contributed by atoms with Crippen LogP contribution in [0.5, 0.6) is 0 Å². The molecule has 2 rings (SSSR count). The minimum atomic E-state index is -1.00. The maximum absolute atomic E-state index is 12.1. The number of pyridine rings is 1. The number of esters is 1. The highest BCUT2D eigenvalue weighted by Gasteiger charge is 2.20. The summed E-state index contributed by atoms with van der Waals surface area (Å²) in [6, 6.07) is 8.37. The lowest BCUT2D eigenvalue weighted by Gasteiger charge is -2.14.